The van der Waals surface area contributed by atoms with Gasteiger partial charge in [0.1, 0.15) is 5.75 Å². The zero-order chi connectivity index (χ0) is 20.8. The normalized spacial score (nSPS) is 17.4. The highest BCUT2D eigenvalue weighted by Crippen LogP contribution is 2.35. The topological polar surface area (TPSA) is 24.5 Å². The van der Waals surface area contributed by atoms with E-state index in [4.69, 9.17) is 4.74 Å². The lowest BCUT2D eigenvalue weighted by Gasteiger charge is -2.20. The molecule has 0 aromatic heterocycles. The Balaban J connectivity index is 1.34. The second kappa shape index (κ2) is 9.82. The summed E-state index contributed by atoms with van der Waals surface area (Å²) >= 11 is 0. The van der Waals surface area contributed by atoms with Gasteiger partial charge in [0.05, 0.1) is 13.2 Å². The van der Waals surface area contributed by atoms with Crippen molar-refractivity contribution in [1.82, 2.24) is 4.90 Å². The quantitative estimate of drug-likeness (QED) is 0.614. The van der Waals surface area contributed by atoms with Crippen LogP contribution in [-0.4, -0.2) is 38.2 Å². The van der Waals surface area contributed by atoms with Crippen LogP contribution in [0.1, 0.15) is 30.4 Å². The summed E-state index contributed by atoms with van der Waals surface area (Å²) in [5, 5.41) is 3.75. The van der Waals surface area contributed by atoms with Gasteiger partial charge in [-0.25, -0.2) is 0 Å². The van der Waals surface area contributed by atoms with E-state index in [9.17, 15) is 0 Å². The molecule has 3 heteroatoms. The molecule has 156 valence electrons. The number of nitrogens with zero attached hydrogens (tertiary/aromatic N) is 1. The summed E-state index contributed by atoms with van der Waals surface area (Å²) in [7, 11) is 3.94. The Bertz CT molecular complexity index is 940. The number of ether oxygens (including phenoxy) is 1. The predicted molar refractivity (Wildman–Crippen MR) is 127 cm³/mol. The van der Waals surface area contributed by atoms with Gasteiger partial charge in [0.25, 0.3) is 0 Å². The van der Waals surface area contributed by atoms with Crippen LogP contribution in [0.25, 0.3) is 5.57 Å². The number of para-hydroxylation sites is 1. The maximum atomic E-state index is 5.24. The van der Waals surface area contributed by atoms with Gasteiger partial charge in [-0.1, -0.05) is 54.6 Å². The third kappa shape index (κ3) is 5.03. The lowest BCUT2D eigenvalue weighted by Crippen LogP contribution is -2.22. The molecule has 0 fully saturated rings. The molecule has 1 N–H and O–H groups in total. The van der Waals surface area contributed by atoms with Gasteiger partial charge in [0, 0.05) is 17.8 Å². The van der Waals surface area contributed by atoms with Crippen molar-refractivity contribution in [1.29, 1.82) is 0 Å². The van der Waals surface area contributed by atoms with E-state index in [1.807, 2.05) is 12.1 Å². The van der Waals surface area contributed by atoms with Gasteiger partial charge in [-0.3, -0.25) is 0 Å². The van der Waals surface area contributed by atoms with Gasteiger partial charge in [-0.2, -0.15) is 0 Å². The zero-order valence-electron chi connectivity index (χ0n) is 18.1. The standard InChI is InChI=1S/C27H32N2O/c1-29(19-17-21-13-15-24(30-2)16-14-21)18-7-9-22-20-23-8-3-5-11-26(23)28-27-12-6-4-10-25(22)27/h3-6,8,10,12-16,20,26,28H,7,9,11,17-19H2,1-2H3. The van der Waals surface area contributed by atoms with E-state index < -0.39 is 0 Å². The number of likely N-dealkylation sites (N-methyl/N-ethyl adjacent to an activating group) is 1. The number of anilines is 1. The van der Waals surface area contributed by atoms with Crippen molar-refractivity contribution in [2.75, 3.05) is 32.6 Å². The second-order valence-electron chi connectivity index (χ2n) is 8.25. The van der Waals surface area contributed by atoms with Crippen LogP contribution in [0.3, 0.4) is 0 Å². The number of benzene rings is 2. The van der Waals surface area contributed by atoms with E-state index in [2.05, 4.69) is 78.0 Å². The first-order valence-corrected chi connectivity index (χ1v) is 11.0. The van der Waals surface area contributed by atoms with Crippen molar-refractivity contribution in [3.05, 3.63) is 89.5 Å². The van der Waals surface area contributed by atoms with Crippen LogP contribution in [0.2, 0.25) is 0 Å². The Kier molecular flexibility index (Phi) is 6.70. The highest BCUT2D eigenvalue weighted by atomic mass is 16.5. The van der Waals surface area contributed by atoms with E-state index >= 15 is 0 Å². The van der Waals surface area contributed by atoms with Crippen molar-refractivity contribution >= 4 is 11.3 Å². The first-order chi connectivity index (χ1) is 14.7. The average molecular weight is 401 g/mol. The van der Waals surface area contributed by atoms with Crippen molar-refractivity contribution in [2.45, 2.75) is 31.7 Å². The molecule has 2 aromatic carbocycles. The molecule has 1 unspecified atom stereocenters. The molecule has 1 aliphatic carbocycles. The highest BCUT2D eigenvalue weighted by molar-refractivity contribution is 5.80. The number of nitrogens with one attached hydrogen (secondary N) is 1. The number of allylic oxidation sites excluding steroid dienone is 3. The molecule has 30 heavy (non-hydrogen) atoms. The molecule has 1 aliphatic heterocycles. The second-order valence-corrected chi connectivity index (χ2v) is 8.25. The fraction of sp³-hybridized carbons (Fsp3) is 0.333. The maximum Gasteiger partial charge on any atom is 0.118 e. The third-order valence-corrected chi connectivity index (χ3v) is 6.07. The van der Waals surface area contributed by atoms with Crippen molar-refractivity contribution in [3.63, 3.8) is 0 Å². The smallest absolute Gasteiger partial charge is 0.118 e. The fourth-order valence-electron chi connectivity index (χ4n) is 4.26. The Hall–Kier alpha value is -2.78. The molecular weight excluding hydrogens is 368 g/mol. The number of fused-ring (bicyclic) bond motifs is 2. The van der Waals surface area contributed by atoms with Crippen molar-refractivity contribution in [2.24, 2.45) is 0 Å². The largest absolute Gasteiger partial charge is 0.497 e. The summed E-state index contributed by atoms with van der Waals surface area (Å²) in [4.78, 5) is 2.44. The Morgan fingerprint density at radius 1 is 1.03 bits per heavy atom. The fourth-order valence-corrected chi connectivity index (χ4v) is 4.26. The Morgan fingerprint density at radius 2 is 1.87 bits per heavy atom. The van der Waals surface area contributed by atoms with Crippen molar-refractivity contribution in [3.8, 4) is 5.75 Å². The molecule has 2 aliphatic rings. The van der Waals surface area contributed by atoms with Crippen LogP contribution in [-0.2, 0) is 6.42 Å². The van der Waals surface area contributed by atoms with Gasteiger partial charge in [-0.15, -0.1) is 0 Å². The SMILES string of the molecule is COc1ccc(CCN(C)CCCC2=CC3=CC=CCC3Nc3ccccc32)cc1. The molecule has 2 aromatic rings. The molecule has 3 nitrogen and oxygen atoms in total. The number of rotatable bonds is 8. The number of hydrogen-bond donors (Lipinski definition) is 1. The molecule has 1 heterocycles. The minimum Gasteiger partial charge on any atom is -0.497 e. The summed E-state index contributed by atoms with van der Waals surface area (Å²) in [6, 6.07) is 17.6. The highest BCUT2D eigenvalue weighted by Gasteiger charge is 2.20. The zero-order valence-corrected chi connectivity index (χ0v) is 18.1. The van der Waals surface area contributed by atoms with E-state index in [-0.39, 0.29) is 0 Å². The molecule has 0 spiro atoms. The van der Waals surface area contributed by atoms with Crippen LogP contribution in [0.5, 0.6) is 5.75 Å². The van der Waals surface area contributed by atoms with Crippen LogP contribution >= 0.6 is 0 Å². The molecule has 0 bridgehead atoms. The minimum atomic E-state index is 0.390. The van der Waals surface area contributed by atoms with Crippen LogP contribution in [0.4, 0.5) is 5.69 Å². The van der Waals surface area contributed by atoms with Crippen LogP contribution in [0.15, 0.2) is 78.4 Å². The Morgan fingerprint density at radius 3 is 2.70 bits per heavy atom. The van der Waals surface area contributed by atoms with Gasteiger partial charge in [0.15, 0.2) is 0 Å². The number of hydrogen-bond acceptors (Lipinski definition) is 3. The van der Waals surface area contributed by atoms with Crippen LogP contribution < -0.4 is 10.1 Å². The summed E-state index contributed by atoms with van der Waals surface area (Å²) in [5.74, 6) is 0.921. The summed E-state index contributed by atoms with van der Waals surface area (Å²) in [6.07, 6.45) is 13.5. The van der Waals surface area contributed by atoms with Crippen LogP contribution in [0, 0.1) is 0 Å². The lowest BCUT2D eigenvalue weighted by atomic mass is 9.95. The molecule has 0 saturated heterocycles. The molecule has 0 radical (unpaired) electrons. The molecule has 0 amide bonds. The van der Waals surface area contributed by atoms with Gasteiger partial charge >= 0.3 is 0 Å². The minimum absolute atomic E-state index is 0.390. The maximum absolute atomic E-state index is 5.24. The molecule has 1 atom stereocenters. The monoisotopic (exact) mass is 400 g/mol. The van der Waals surface area contributed by atoms with E-state index in [1.54, 1.807) is 7.11 Å². The number of methoxy groups -OCH3 is 1. The van der Waals surface area contributed by atoms with Crippen molar-refractivity contribution < 1.29 is 4.74 Å². The third-order valence-electron chi connectivity index (χ3n) is 6.07. The molecule has 4 rings (SSSR count). The molecular formula is C27H32N2O. The van der Waals surface area contributed by atoms with Gasteiger partial charge in [0.2, 0.25) is 0 Å². The first-order valence-electron chi connectivity index (χ1n) is 11.0. The predicted octanol–water partition coefficient (Wildman–Crippen LogP) is 5.71. The summed E-state index contributed by atoms with van der Waals surface area (Å²) < 4.78 is 5.24. The van der Waals surface area contributed by atoms with E-state index in [1.165, 1.54) is 28.0 Å². The van der Waals surface area contributed by atoms with E-state index in [0.717, 1.165) is 44.5 Å². The Labute approximate surface area is 180 Å². The van der Waals surface area contributed by atoms with E-state index in [0.29, 0.717) is 6.04 Å². The van der Waals surface area contributed by atoms with Gasteiger partial charge < -0.3 is 15.0 Å². The first kappa shape index (κ1) is 20.5. The lowest BCUT2D eigenvalue weighted by molar-refractivity contribution is 0.335. The van der Waals surface area contributed by atoms with Gasteiger partial charge in [-0.05, 0) is 74.2 Å². The summed E-state index contributed by atoms with van der Waals surface area (Å²) in [5.41, 5.74) is 6.83. The average Bonchev–Trinajstić information content (AvgIpc) is 2.94. The molecule has 0 saturated carbocycles. The summed E-state index contributed by atoms with van der Waals surface area (Å²) in [6.45, 7) is 2.17.